The first-order valence-electron chi connectivity index (χ1n) is 4.80. The van der Waals surface area contributed by atoms with Gasteiger partial charge in [-0.1, -0.05) is 20.8 Å². The van der Waals surface area contributed by atoms with Crippen LogP contribution in [0.4, 0.5) is 0 Å². The molecule has 0 saturated carbocycles. The highest BCUT2D eigenvalue weighted by Crippen LogP contribution is 2.35. The largest absolute Gasteiger partial charge is 0.481 e. The second-order valence-electron chi connectivity index (χ2n) is 4.87. The first-order valence-corrected chi connectivity index (χ1v) is 5.34. The summed E-state index contributed by atoms with van der Waals surface area (Å²) in [4.78, 5) is 10.4. The zero-order valence-corrected chi connectivity index (χ0v) is 10.1. The van der Waals surface area contributed by atoms with E-state index in [0.29, 0.717) is 0 Å². The van der Waals surface area contributed by atoms with Gasteiger partial charge in [-0.15, -0.1) is 11.6 Å². The quantitative estimate of drug-likeness (QED) is 0.630. The predicted molar refractivity (Wildman–Crippen MR) is 58.0 cm³/mol. The fourth-order valence-corrected chi connectivity index (χ4v) is 1.73. The van der Waals surface area contributed by atoms with Gasteiger partial charge in [-0.3, -0.25) is 4.79 Å². The molecule has 0 saturated heterocycles. The van der Waals surface area contributed by atoms with E-state index in [0.717, 1.165) is 0 Å². The highest BCUT2D eigenvalue weighted by molar-refractivity contribution is 6.18. The molecular formula is C10H19ClO4. The van der Waals surface area contributed by atoms with E-state index in [-0.39, 0.29) is 18.7 Å². The van der Waals surface area contributed by atoms with Gasteiger partial charge < -0.3 is 15.3 Å². The SMILES string of the molecule is CC(C)(C)[C@@](O)(CCl)C[C@@H](O)CC(=O)O. The van der Waals surface area contributed by atoms with Gasteiger partial charge in [0.1, 0.15) is 0 Å². The molecule has 2 atom stereocenters. The third-order valence-electron chi connectivity index (χ3n) is 2.60. The maximum Gasteiger partial charge on any atom is 0.305 e. The molecule has 0 aliphatic rings. The van der Waals surface area contributed by atoms with Crippen LogP contribution in [0.3, 0.4) is 0 Å². The fraction of sp³-hybridized carbons (Fsp3) is 0.900. The Morgan fingerprint density at radius 2 is 1.87 bits per heavy atom. The lowest BCUT2D eigenvalue weighted by molar-refractivity contribution is -0.141. The second-order valence-corrected chi connectivity index (χ2v) is 5.14. The third-order valence-corrected chi connectivity index (χ3v) is 3.04. The van der Waals surface area contributed by atoms with Crippen molar-refractivity contribution >= 4 is 17.6 Å². The van der Waals surface area contributed by atoms with Crippen LogP contribution in [0, 0.1) is 5.41 Å². The van der Waals surface area contributed by atoms with Gasteiger partial charge in [-0.2, -0.15) is 0 Å². The average Bonchev–Trinajstić information content (AvgIpc) is 2.00. The van der Waals surface area contributed by atoms with Gasteiger partial charge in [-0.05, 0) is 5.41 Å². The van der Waals surface area contributed by atoms with Gasteiger partial charge in [0.25, 0.3) is 0 Å². The monoisotopic (exact) mass is 238 g/mol. The van der Waals surface area contributed by atoms with Gasteiger partial charge in [0, 0.05) is 6.42 Å². The van der Waals surface area contributed by atoms with Crippen molar-refractivity contribution in [3.63, 3.8) is 0 Å². The molecule has 0 radical (unpaired) electrons. The molecule has 0 unspecified atom stereocenters. The van der Waals surface area contributed by atoms with Gasteiger partial charge >= 0.3 is 5.97 Å². The molecule has 0 amide bonds. The number of hydrogen-bond acceptors (Lipinski definition) is 3. The molecule has 0 aliphatic heterocycles. The van der Waals surface area contributed by atoms with Crippen molar-refractivity contribution in [3.8, 4) is 0 Å². The number of alkyl halides is 1. The number of carboxylic acid groups (broad SMARTS) is 1. The Bertz CT molecular complexity index is 224. The zero-order chi connectivity index (χ0) is 12.3. The minimum absolute atomic E-state index is 0.0345. The number of halogens is 1. The second kappa shape index (κ2) is 5.14. The van der Waals surface area contributed by atoms with Crippen molar-refractivity contribution in [2.45, 2.75) is 45.3 Å². The zero-order valence-electron chi connectivity index (χ0n) is 9.33. The maximum atomic E-state index is 10.4. The highest BCUT2D eigenvalue weighted by Gasteiger charge is 2.41. The average molecular weight is 239 g/mol. The summed E-state index contributed by atoms with van der Waals surface area (Å²) in [6.07, 6.45) is -1.49. The molecule has 0 fully saturated rings. The van der Waals surface area contributed by atoms with Crippen LogP contribution in [-0.4, -0.2) is 38.9 Å². The van der Waals surface area contributed by atoms with Crippen LogP contribution in [-0.2, 0) is 4.79 Å². The summed E-state index contributed by atoms with van der Waals surface area (Å²) in [5.41, 5.74) is -1.77. The van der Waals surface area contributed by atoms with Gasteiger partial charge in [0.2, 0.25) is 0 Å². The summed E-state index contributed by atoms with van der Waals surface area (Å²) in [5.74, 6) is -1.12. The molecule has 4 nitrogen and oxygen atoms in total. The third kappa shape index (κ3) is 4.36. The number of aliphatic carboxylic acids is 1. The Morgan fingerprint density at radius 1 is 1.40 bits per heavy atom. The number of rotatable bonds is 5. The molecule has 0 aromatic heterocycles. The summed E-state index contributed by atoms with van der Waals surface area (Å²) in [5, 5.41) is 28.1. The Balaban J connectivity index is 4.51. The molecule has 0 aromatic carbocycles. The van der Waals surface area contributed by atoms with Crippen molar-refractivity contribution < 1.29 is 20.1 Å². The molecule has 90 valence electrons. The van der Waals surface area contributed by atoms with Crippen LogP contribution in [0.5, 0.6) is 0 Å². The lowest BCUT2D eigenvalue weighted by Crippen LogP contribution is -2.47. The van der Waals surface area contributed by atoms with Gasteiger partial charge in [-0.25, -0.2) is 0 Å². The molecule has 0 rings (SSSR count). The van der Waals surface area contributed by atoms with Crippen LogP contribution in [0.1, 0.15) is 33.6 Å². The standard InChI is InChI=1S/C10H19ClO4/c1-9(2,3)10(15,6-11)5-7(12)4-8(13)14/h7,12,15H,4-6H2,1-3H3,(H,13,14)/t7-,10-/m0/s1. The lowest BCUT2D eigenvalue weighted by atomic mass is 9.74. The molecule has 0 bridgehead atoms. The number of carboxylic acids is 1. The Labute approximate surface area is 94.9 Å². The molecule has 0 aromatic rings. The minimum atomic E-state index is -1.26. The van der Waals surface area contributed by atoms with Crippen molar-refractivity contribution in [1.29, 1.82) is 0 Å². The van der Waals surface area contributed by atoms with E-state index >= 15 is 0 Å². The highest BCUT2D eigenvalue weighted by atomic mass is 35.5. The maximum absolute atomic E-state index is 10.4. The molecule has 15 heavy (non-hydrogen) atoms. The van der Waals surface area contributed by atoms with E-state index in [4.69, 9.17) is 16.7 Å². The summed E-state index contributed by atoms with van der Waals surface area (Å²) < 4.78 is 0. The van der Waals surface area contributed by atoms with E-state index < -0.39 is 23.1 Å². The summed E-state index contributed by atoms with van der Waals surface area (Å²) >= 11 is 5.67. The van der Waals surface area contributed by atoms with E-state index in [1.54, 1.807) is 20.8 Å². The van der Waals surface area contributed by atoms with Crippen molar-refractivity contribution in [3.05, 3.63) is 0 Å². The van der Waals surface area contributed by atoms with E-state index in [1.807, 2.05) is 0 Å². The molecule has 0 heterocycles. The predicted octanol–water partition coefficient (Wildman–Crippen LogP) is 1.23. The first-order chi connectivity index (χ1) is 6.62. The van der Waals surface area contributed by atoms with E-state index in [2.05, 4.69) is 0 Å². The van der Waals surface area contributed by atoms with Gasteiger partial charge in [0.15, 0.2) is 0 Å². The van der Waals surface area contributed by atoms with Crippen LogP contribution in [0.15, 0.2) is 0 Å². The van der Waals surface area contributed by atoms with Crippen LogP contribution < -0.4 is 0 Å². The summed E-state index contributed by atoms with van der Waals surface area (Å²) in [6.45, 7) is 5.38. The Morgan fingerprint density at radius 3 is 2.13 bits per heavy atom. The number of aliphatic hydroxyl groups is 2. The number of aliphatic hydroxyl groups excluding tert-OH is 1. The summed E-state index contributed by atoms with van der Waals surface area (Å²) in [6, 6.07) is 0. The van der Waals surface area contributed by atoms with E-state index in [9.17, 15) is 15.0 Å². The minimum Gasteiger partial charge on any atom is -0.481 e. The van der Waals surface area contributed by atoms with Crippen molar-refractivity contribution in [2.75, 3.05) is 5.88 Å². The van der Waals surface area contributed by atoms with Crippen LogP contribution in [0.25, 0.3) is 0 Å². The van der Waals surface area contributed by atoms with Crippen molar-refractivity contribution in [1.82, 2.24) is 0 Å². The molecule has 5 heteroatoms. The molecule has 3 N–H and O–H groups in total. The fourth-order valence-electron chi connectivity index (χ4n) is 1.22. The smallest absolute Gasteiger partial charge is 0.305 e. The van der Waals surface area contributed by atoms with Crippen LogP contribution in [0.2, 0.25) is 0 Å². The lowest BCUT2D eigenvalue weighted by Gasteiger charge is -2.40. The first kappa shape index (κ1) is 14.7. The number of carbonyl (C=O) groups is 1. The van der Waals surface area contributed by atoms with Crippen molar-refractivity contribution in [2.24, 2.45) is 5.41 Å². The topological polar surface area (TPSA) is 77.8 Å². The molecular weight excluding hydrogens is 220 g/mol. The van der Waals surface area contributed by atoms with Crippen LogP contribution >= 0.6 is 11.6 Å². The Kier molecular flexibility index (Phi) is 5.03. The number of hydrogen-bond donors (Lipinski definition) is 3. The van der Waals surface area contributed by atoms with Gasteiger partial charge in [0.05, 0.1) is 24.0 Å². The van der Waals surface area contributed by atoms with E-state index in [1.165, 1.54) is 0 Å². The Hall–Kier alpha value is -0.320. The summed E-state index contributed by atoms with van der Waals surface area (Å²) in [7, 11) is 0. The molecule has 0 aliphatic carbocycles. The molecule has 0 spiro atoms. The normalized spacial score (nSPS) is 18.3.